The summed E-state index contributed by atoms with van der Waals surface area (Å²) in [7, 11) is 0. The van der Waals surface area contributed by atoms with Gasteiger partial charge in [-0.15, -0.1) is 0 Å². The van der Waals surface area contributed by atoms with Crippen molar-refractivity contribution in [1.82, 2.24) is 5.32 Å². The van der Waals surface area contributed by atoms with E-state index in [-0.39, 0.29) is 12.0 Å². The zero-order valence-electron chi connectivity index (χ0n) is 9.34. The van der Waals surface area contributed by atoms with Crippen molar-refractivity contribution in [2.24, 2.45) is 0 Å². The third kappa shape index (κ3) is 8.01. The minimum absolute atomic E-state index is 0.149. The maximum absolute atomic E-state index is 10.9. The maximum atomic E-state index is 10.9. The van der Waals surface area contributed by atoms with E-state index in [2.05, 4.69) is 5.32 Å². The molecule has 0 radical (unpaired) electrons. The van der Waals surface area contributed by atoms with Crippen molar-refractivity contribution in [3.05, 3.63) is 0 Å². The van der Waals surface area contributed by atoms with E-state index in [1.807, 2.05) is 20.8 Å². The molecule has 1 atom stereocenters. The van der Waals surface area contributed by atoms with Gasteiger partial charge >= 0.3 is 5.97 Å². The fourth-order valence-corrected chi connectivity index (χ4v) is 1.01. The first-order chi connectivity index (χ1) is 6.70. The van der Waals surface area contributed by atoms with Gasteiger partial charge in [0.15, 0.2) is 0 Å². The van der Waals surface area contributed by atoms with Crippen LogP contribution in [-0.2, 0) is 14.3 Å². The molecule has 0 spiro atoms. The van der Waals surface area contributed by atoms with Gasteiger partial charge in [-0.05, 0) is 20.8 Å². The van der Waals surface area contributed by atoms with Crippen LogP contribution in [-0.4, -0.2) is 38.4 Å². The summed E-state index contributed by atoms with van der Waals surface area (Å²) in [5.74, 6) is -0.149. The van der Waals surface area contributed by atoms with Gasteiger partial charge < -0.3 is 14.8 Å². The molecule has 0 saturated heterocycles. The van der Waals surface area contributed by atoms with Crippen molar-refractivity contribution in [2.75, 3.05) is 26.4 Å². The van der Waals surface area contributed by atoms with E-state index in [1.54, 1.807) is 0 Å². The molecular weight excluding hydrogens is 182 g/mol. The van der Waals surface area contributed by atoms with E-state index in [9.17, 15) is 4.79 Å². The monoisotopic (exact) mass is 203 g/mol. The van der Waals surface area contributed by atoms with Crippen LogP contribution in [0.4, 0.5) is 0 Å². The quantitative estimate of drug-likeness (QED) is 0.597. The molecule has 0 aromatic rings. The molecule has 1 N–H and O–H groups in total. The number of hydrogen-bond donors (Lipinski definition) is 1. The lowest BCUT2D eigenvalue weighted by Crippen LogP contribution is -2.32. The number of esters is 1. The van der Waals surface area contributed by atoms with Crippen LogP contribution in [0.15, 0.2) is 0 Å². The summed E-state index contributed by atoms with van der Waals surface area (Å²) in [6.45, 7) is 8.30. The standard InChI is InChI=1S/C10H21NO3/c1-4-13-8-9(3)11-7-6-10(12)14-5-2/h9,11H,4-8H2,1-3H3. The van der Waals surface area contributed by atoms with E-state index in [0.29, 0.717) is 26.2 Å². The lowest BCUT2D eigenvalue weighted by molar-refractivity contribution is -0.143. The average molecular weight is 203 g/mol. The molecule has 4 heteroatoms. The van der Waals surface area contributed by atoms with Gasteiger partial charge in [0.25, 0.3) is 0 Å². The Morgan fingerprint density at radius 1 is 1.36 bits per heavy atom. The molecular formula is C10H21NO3. The molecule has 0 heterocycles. The van der Waals surface area contributed by atoms with E-state index in [0.717, 1.165) is 6.61 Å². The highest BCUT2D eigenvalue weighted by Gasteiger charge is 2.03. The predicted octanol–water partition coefficient (Wildman–Crippen LogP) is 0.954. The molecule has 0 amide bonds. The van der Waals surface area contributed by atoms with Crippen LogP contribution >= 0.6 is 0 Å². The summed E-state index contributed by atoms with van der Waals surface area (Å²) in [5.41, 5.74) is 0. The first kappa shape index (κ1) is 13.4. The fourth-order valence-electron chi connectivity index (χ4n) is 1.01. The van der Waals surface area contributed by atoms with Crippen molar-refractivity contribution in [3.8, 4) is 0 Å². The summed E-state index contributed by atoms with van der Waals surface area (Å²) in [6.07, 6.45) is 0.421. The van der Waals surface area contributed by atoms with Gasteiger partial charge in [0.2, 0.25) is 0 Å². The Kier molecular flexibility index (Phi) is 8.57. The number of carbonyl (C=O) groups excluding carboxylic acids is 1. The molecule has 14 heavy (non-hydrogen) atoms. The summed E-state index contributed by atoms with van der Waals surface area (Å²) in [5, 5.41) is 3.18. The Bertz CT molecular complexity index is 150. The third-order valence-electron chi connectivity index (χ3n) is 1.70. The van der Waals surface area contributed by atoms with Gasteiger partial charge in [-0.1, -0.05) is 0 Å². The van der Waals surface area contributed by atoms with Crippen molar-refractivity contribution in [1.29, 1.82) is 0 Å². The fraction of sp³-hybridized carbons (Fsp3) is 0.900. The second-order valence-electron chi connectivity index (χ2n) is 3.07. The smallest absolute Gasteiger partial charge is 0.307 e. The van der Waals surface area contributed by atoms with Gasteiger partial charge in [0.05, 0.1) is 19.6 Å². The van der Waals surface area contributed by atoms with E-state index in [1.165, 1.54) is 0 Å². The Morgan fingerprint density at radius 3 is 2.64 bits per heavy atom. The SMILES string of the molecule is CCOCC(C)NCCC(=O)OCC. The average Bonchev–Trinajstić information content (AvgIpc) is 2.15. The summed E-state index contributed by atoms with van der Waals surface area (Å²) >= 11 is 0. The zero-order chi connectivity index (χ0) is 10.8. The second-order valence-corrected chi connectivity index (χ2v) is 3.07. The van der Waals surface area contributed by atoms with Gasteiger partial charge in [-0.25, -0.2) is 0 Å². The van der Waals surface area contributed by atoms with Crippen LogP contribution in [0.3, 0.4) is 0 Å². The number of hydrogen-bond acceptors (Lipinski definition) is 4. The van der Waals surface area contributed by atoms with E-state index < -0.39 is 0 Å². The van der Waals surface area contributed by atoms with E-state index >= 15 is 0 Å². The summed E-state index contributed by atoms with van der Waals surface area (Å²) in [6, 6.07) is 0.282. The number of nitrogens with one attached hydrogen (secondary N) is 1. The Hall–Kier alpha value is -0.610. The largest absolute Gasteiger partial charge is 0.466 e. The van der Waals surface area contributed by atoms with Gasteiger partial charge in [0, 0.05) is 19.2 Å². The molecule has 84 valence electrons. The highest BCUT2D eigenvalue weighted by Crippen LogP contribution is 1.88. The molecule has 0 aliphatic carbocycles. The number of ether oxygens (including phenoxy) is 2. The second kappa shape index (κ2) is 8.97. The maximum Gasteiger partial charge on any atom is 0.307 e. The molecule has 0 aromatic heterocycles. The lowest BCUT2D eigenvalue weighted by atomic mass is 10.3. The molecule has 0 aliphatic heterocycles. The van der Waals surface area contributed by atoms with Gasteiger partial charge in [-0.3, -0.25) is 4.79 Å². The van der Waals surface area contributed by atoms with Crippen LogP contribution in [0.5, 0.6) is 0 Å². The molecule has 0 aliphatic rings. The van der Waals surface area contributed by atoms with E-state index in [4.69, 9.17) is 9.47 Å². The van der Waals surface area contributed by atoms with Crippen molar-refractivity contribution >= 4 is 5.97 Å². The molecule has 1 unspecified atom stereocenters. The van der Waals surface area contributed by atoms with Crippen molar-refractivity contribution < 1.29 is 14.3 Å². The Labute approximate surface area is 86.0 Å². The molecule has 0 bridgehead atoms. The van der Waals surface area contributed by atoms with Gasteiger partial charge in [0.1, 0.15) is 0 Å². The van der Waals surface area contributed by atoms with Gasteiger partial charge in [-0.2, -0.15) is 0 Å². The minimum Gasteiger partial charge on any atom is -0.466 e. The van der Waals surface area contributed by atoms with Crippen LogP contribution in [0.2, 0.25) is 0 Å². The molecule has 0 aromatic carbocycles. The van der Waals surface area contributed by atoms with Crippen LogP contribution in [0, 0.1) is 0 Å². The zero-order valence-corrected chi connectivity index (χ0v) is 9.34. The summed E-state index contributed by atoms with van der Waals surface area (Å²) < 4.78 is 10.0. The molecule has 0 rings (SSSR count). The first-order valence-corrected chi connectivity index (χ1v) is 5.17. The summed E-state index contributed by atoms with van der Waals surface area (Å²) in [4.78, 5) is 10.9. The van der Waals surface area contributed by atoms with Crippen molar-refractivity contribution in [2.45, 2.75) is 33.2 Å². The van der Waals surface area contributed by atoms with Crippen LogP contribution in [0.25, 0.3) is 0 Å². The number of rotatable bonds is 8. The third-order valence-corrected chi connectivity index (χ3v) is 1.70. The molecule has 4 nitrogen and oxygen atoms in total. The number of carbonyl (C=O) groups is 1. The molecule has 0 fully saturated rings. The topological polar surface area (TPSA) is 47.6 Å². The predicted molar refractivity (Wildman–Crippen MR) is 55.2 cm³/mol. The van der Waals surface area contributed by atoms with Crippen LogP contribution in [0.1, 0.15) is 27.2 Å². The lowest BCUT2D eigenvalue weighted by Gasteiger charge is -2.12. The minimum atomic E-state index is -0.149. The molecule has 0 saturated carbocycles. The Morgan fingerprint density at radius 2 is 2.07 bits per heavy atom. The Balaban J connectivity index is 3.29. The normalized spacial score (nSPS) is 12.5. The van der Waals surface area contributed by atoms with Crippen LogP contribution < -0.4 is 5.32 Å². The van der Waals surface area contributed by atoms with Crippen molar-refractivity contribution in [3.63, 3.8) is 0 Å². The highest BCUT2D eigenvalue weighted by molar-refractivity contribution is 5.69. The first-order valence-electron chi connectivity index (χ1n) is 5.17. The highest BCUT2D eigenvalue weighted by atomic mass is 16.5.